The Morgan fingerprint density at radius 3 is 2.57 bits per heavy atom. The molecule has 0 radical (unpaired) electrons. The summed E-state index contributed by atoms with van der Waals surface area (Å²) in [5.41, 5.74) is 5.14. The first kappa shape index (κ1) is 26.4. The molecule has 1 aromatic heterocycles. The maximum Gasteiger partial charge on any atom is 0.250 e. The van der Waals surface area contributed by atoms with Crippen molar-refractivity contribution in [2.45, 2.75) is 25.1 Å². The minimum Gasteiger partial charge on any atom is -0.493 e. The predicted octanol–water partition coefficient (Wildman–Crippen LogP) is 5.74. The Balaban J connectivity index is 1.45. The minimum atomic E-state index is -0.266. The summed E-state index contributed by atoms with van der Waals surface area (Å²) in [4.78, 5) is 12.5. The summed E-state index contributed by atoms with van der Waals surface area (Å²) in [6.45, 7) is 3.90. The number of hydrogen-bond acceptors (Lipinski definition) is 7. The topological polar surface area (TPSA) is 90.6 Å². The number of halogens is 1. The van der Waals surface area contributed by atoms with Gasteiger partial charge in [-0.05, 0) is 55.8 Å². The van der Waals surface area contributed by atoms with E-state index in [1.165, 1.54) is 11.8 Å². The number of ether oxygens (including phenoxy) is 2. The summed E-state index contributed by atoms with van der Waals surface area (Å²) in [5.74, 6) is 1.78. The molecule has 3 aromatic carbocycles. The van der Waals surface area contributed by atoms with Crippen LogP contribution in [0.3, 0.4) is 0 Å². The van der Waals surface area contributed by atoms with Gasteiger partial charge in [-0.25, -0.2) is 5.43 Å². The van der Waals surface area contributed by atoms with Gasteiger partial charge in [0, 0.05) is 15.7 Å². The summed E-state index contributed by atoms with van der Waals surface area (Å²) < 4.78 is 14.0. The molecule has 4 aromatic rings. The Labute approximate surface area is 228 Å². The number of nitrogens with zero attached hydrogens (tertiary/aromatic N) is 4. The van der Waals surface area contributed by atoms with E-state index in [1.54, 1.807) is 19.4 Å². The van der Waals surface area contributed by atoms with Crippen molar-refractivity contribution in [3.05, 3.63) is 82.8 Å². The molecule has 0 aliphatic heterocycles. The zero-order valence-corrected chi connectivity index (χ0v) is 23.0. The number of amides is 1. The van der Waals surface area contributed by atoms with Crippen LogP contribution in [0.1, 0.15) is 19.4 Å². The van der Waals surface area contributed by atoms with Gasteiger partial charge in [0.15, 0.2) is 22.5 Å². The average Bonchev–Trinajstić information content (AvgIpc) is 3.32. The van der Waals surface area contributed by atoms with Gasteiger partial charge in [-0.3, -0.25) is 9.36 Å². The number of thioether (sulfide) groups is 1. The van der Waals surface area contributed by atoms with E-state index in [0.29, 0.717) is 22.5 Å². The third-order valence-corrected chi connectivity index (χ3v) is 6.67. The summed E-state index contributed by atoms with van der Waals surface area (Å²) in [6.07, 6.45) is 1.59. The van der Waals surface area contributed by atoms with Gasteiger partial charge in [-0.1, -0.05) is 64.1 Å². The van der Waals surface area contributed by atoms with Gasteiger partial charge in [0.25, 0.3) is 5.91 Å². The Morgan fingerprint density at radius 1 is 1.08 bits per heavy atom. The molecule has 8 nitrogen and oxygen atoms in total. The fourth-order valence-corrected chi connectivity index (χ4v) is 4.65. The van der Waals surface area contributed by atoms with Crippen LogP contribution in [0.2, 0.25) is 0 Å². The van der Waals surface area contributed by atoms with E-state index in [4.69, 9.17) is 9.47 Å². The first-order chi connectivity index (χ1) is 18.0. The van der Waals surface area contributed by atoms with Gasteiger partial charge in [0.1, 0.15) is 0 Å². The van der Waals surface area contributed by atoms with Gasteiger partial charge in [0.05, 0.1) is 25.2 Å². The zero-order chi connectivity index (χ0) is 26.2. The normalized spacial score (nSPS) is 11.2. The van der Waals surface area contributed by atoms with Gasteiger partial charge in [0.2, 0.25) is 0 Å². The van der Waals surface area contributed by atoms with Crippen LogP contribution in [-0.2, 0) is 4.79 Å². The number of benzene rings is 3. The van der Waals surface area contributed by atoms with E-state index in [-0.39, 0.29) is 17.8 Å². The molecule has 10 heteroatoms. The second kappa shape index (κ2) is 12.6. The van der Waals surface area contributed by atoms with Gasteiger partial charge < -0.3 is 9.47 Å². The summed E-state index contributed by atoms with van der Waals surface area (Å²) in [6, 6.07) is 23.1. The van der Waals surface area contributed by atoms with E-state index >= 15 is 0 Å². The highest BCUT2D eigenvalue weighted by atomic mass is 79.9. The first-order valence-electron chi connectivity index (χ1n) is 11.5. The number of nitrogens with one attached hydrogen (secondary N) is 1. The van der Waals surface area contributed by atoms with Crippen LogP contribution >= 0.6 is 27.7 Å². The lowest BCUT2D eigenvalue weighted by atomic mass is 10.2. The maximum absolute atomic E-state index is 12.5. The summed E-state index contributed by atoms with van der Waals surface area (Å²) >= 11 is 4.88. The third kappa shape index (κ3) is 6.78. The Bertz CT molecular complexity index is 1390. The number of hydrazone groups is 1. The lowest BCUT2D eigenvalue weighted by Crippen LogP contribution is -2.20. The first-order valence-corrected chi connectivity index (χ1v) is 13.3. The van der Waals surface area contributed by atoms with Crippen LogP contribution in [0.4, 0.5) is 0 Å². The number of para-hydroxylation sites is 1. The molecular formula is C27H26BrN5O3S. The lowest BCUT2D eigenvalue weighted by molar-refractivity contribution is -0.118. The quantitative estimate of drug-likeness (QED) is 0.146. The molecular weight excluding hydrogens is 554 g/mol. The SMILES string of the molecule is COc1cc(C=NNC(=O)CSc2nnc(-c3ccccc3Br)n2-c2ccccc2)ccc1OC(C)C. The van der Waals surface area contributed by atoms with Gasteiger partial charge in [-0.2, -0.15) is 5.10 Å². The highest BCUT2D eigenvalue weighted by Gasteiger charge is 2.18. The van der Waals surface area contributed by atoms with E-state index in [1.807, 2.05) is 85.1 Å². The number of carbonyl (C=O) groups is 1. The second-order valence-corrected chi connectivity index (χ2v) is 9.91. The van der Waals surface area contributed by atoms with Crippen LogP contribution in [0.25, 0.3) is 17.1 Å². The molecule has 0 atom stereocenters. The highest BCUT2D eigenvalue weighted by molar-refractivity contribution is 9.10. The molecule has 1 amide bonds. The molecule has 0 aliphatic carbocycles. The number of carbonyl (C=O) groups excluding carboxylic acids is 1. The van der Waals surface area contributed by atoms with Crippen LogP contribution in [0.5, 0.6) is 11.5 Å². The highest BCUT2D eigenvalue weighted by Crippen LogP contribution is 2.32. The molecule has 0 unspecified atom stereocenters. The van der Waals surface area contributed by atoms with Crippen molar-refractivity contribution in [2.24, 2.45) is 5.10 Å². The standard InChI is InChI=1S/C27H26BrN5O3S/c1-18(2)36-23-14-13-19(15-24(23)35-3)16-29-30-25(34)17-37-27-32-31-26(21-11-7-8-12-22(21)28)33(27)20-9-5-4-6-10-20/h4-16,18H,17H2,1-3H3,(H,30,34). The fraction of sp³-hybridized carbons (Fsp3) is 0.185. The molecule has 0 aliphatic rings. The van der Waals surface area contributed by atoms with Crippen molar-refractivity contribution in [2.75, 3.05) is 12.9 Å². The molecule has 1 N–H and O–H groups in total. The molecule has 0 bridgehead atoms. The van der Waals surface area contributed by atoms with Crippen molar-refractivity contribution in [1.29, 1.82) is 0 Å². The molecule has 0 spiro atoms. The van der Waals surface area contributed by atoms with Crippen LogP contribution in [0.15, 0.2) is 87.5 Å². The predicted molar refractivity (Wildman–Crippen MR) is 150 cm³/mol. The number of aromatic nitrogens is 3. The summed E-state index contributed by atoms with van der Waals surface area (Å²) in [7, 11) is 1.58. The lowest BCUT2D eigenvalue weighted by Gasteiger charge is -2.13. The van der Waals surface area contributed by atoms with Crippen molar-refractivity contribution < 1.29 is 14.3 Å². The largest absolute Gasteiger partial charge is 0.493 e. The van der Waals surface area contributed by atoms with E-state index in [0.717, 1.165) is 21.3 Å². The number of rotatable bonds is 10. The van der Waals surface area contributed by atoms with Gasteiger partial charge >= 0.3 is 0 Å². The number of methoxy groups -OCH3 is 1. The van der Waals surface area contributed by atoms with Gasteiger partial charge in [-0.15, -0.1) is 10.2 Å². The average molecular weight is 581 g/mol. The van der Waals surface area contributed by atoms with E-state index < -0.39 is 0 Å². The number of hydrogen-bond donors (Lipinski definition) is 1. The van der Waals surface area contributed by atoms with Crippen molar-refractivity contribution in [1.82, 2.24) is 20.2 Å². The fourth-order valence-electron chi connectivity index (χ4n) is 3.45. The molecule has 37 heavy (non-hydrogen) atoms. The Morgan fingerprint density at radius 2 is 1.84 bits per heavy atom. The van der Waals surface area contributed by atoms with E-state index in [2.05, 4.69) is 36.7 Å². The molecule has 4 rings (SSSR count). The zero-order valence-electron chi connectivity index (χ0n) is 20.6. The van der Waals surface area contributed by atoms with Crippen molar-refractivity contribution in [3.63, 3.8) is 0 Å². The Kier molecular flexibility index (Phi) is 8.97. The maximum atomic E-state index is 12.5. The minimum absolute atomic E-state index is 0.0307. The van der Waals surface area contributed by atoms with Crippen LogP contribution in [-0.4, -0.2) is 45.9 Å². The van der Waals surface area contributed by atoms with Crippen LogP contribution < -0.4 is 14.9 Å². The molecule has 0 saturated heterocycles. The molecule has 0 saturated carbocycles. The monoisotopic (exact) mass is 579 g/mol. The Hall–Kier alpha value is -3.63. The van der Waals surface area contributed by atoms with Crippen molar-refractivity contribution >= 4 is 39.8 Å². The summed E-state index contributed by atoms with van der Waals surface area (Å²) in [5, 5.41) is 13.5. The van der Waals surface area contributed by atoms with E-state index in [9.17, 15) is 4.79 Å². The third-order valence-electron chi connectivity index (χ3n) is 5.05. The smallest absolute Gasteiger partial charge is 0.250 e. The molecule has 190 valence electrons. The van der Waals surface area contributed by atoms with Crippen molar-refractivity contribution in [3.8, 4) is 28.6 Å². The molecule has 1 heterocycles. The second-order valence-electron chi connectivity index (χ2n) is 8.12. The molecule has 0 fully saturated rings. The van der Waals surface area contributed by atoms with Crippen LogP contribution in [0, 0.1) is 0 Å².